The number of carbonyl (C=O) groups is 1. The molecule has 0 heterocycles. The molecule has 0 atom stereocenters. The first kappa shape index (κ1) is 15.4. The molecule has 5 heteroatoms. The molecule has 0 fully saturated rings. The molecule has 1 N–H and O–H groups in total. The Morgan fingerprint density at radius 1 is 1.10 bits per heavy atom. The number of carbonyl (C=O) groups excluding carboxylic acids is 1. The Bertz CT molecular complexity index is 645. The topological polar surface area (TPSA) is 47.6 Å². The van der Waals surface area contributed by atoms with Crippen molar-refractivity contribution in [2.24, 2.45) is 0 Å². The number of aryl methyl sites for hydroxylation is 1. The van der Waals surface area contributed by atoms with E-state index < -0.39 is 0 Å². The SMILES string of the molecule is COc1cc(C(=O)Nc2cccc(C)c2)cc(OC)c1Br. The van der Waals surface area contributed by atoms with Crippen molar-refractivity contribution in [2.75, 3.05) is 19.5 Å². The van der Waals surface area contributed by atoms with E-state index in [1.165, 1.54) is 0 Å². The fourth-order valence-electron chi connectivity index (χ4n) is 1.93. The van der Waals surface area contributed by atoms with Crippen molar-refractivity contribution >= 4 is 27.5 Å². The molecule has 2 aromatic carbocycles. The van der Waals surface area contributed by atoms with E-state index >= 15 is 0 Å². The summed E-state index contributed by atoms with van der Waals surface area (Å²) in [4.78, 5) is 12.3. The number of methoxy groups -OCH3 is 2. The van der Waals surface area contributed by atoms with Crippen LogP contribution in [0.4, 0.5) is 5.69 Å². The van der Waals surface area contributed by atoms with E-state index in [1.54, 1.807) is 26.4 Å². The highest BCUT2D eigenvalue weighted by Gasteiger charge is 2.14. The Hall–Kier alpha value is -2.01. The molecule has 0 aliphatic heterocycles. The summed E-state index contributed by atoms with van der Waals surface area (Å²) in [6.07, 6.45) is 0. The van der Waals surface area contributed by atoms with Gasteiger partial charge in [0.1, 0.15) is 16.0 Å². The first-order valence-corrected chi connectivity index (χ1v) is 7.14. The smallest absolute Gasteiger partial charge is 0.255 e. The zero-order valence-corrected chi connectivity index (χ0v) is 13.7. The van der Waals surface area contributed by atoms with Crippen LogP contribution in [0.15, 0.2) is 40.9 Å². The highest BCUT2D eigenvalue weighted by atomic mass is 79.9. The van der Waals surface area contributed by atoms with Crippen molar-refractivity contribution in [3.63, 3.8) is 0 Å². The summed E-state index contributed by atoms with van der Waals surface area (Å²) in [5.74, 6) is 0.872. The number of hydrogen-bond acceptors (Lipinski definition) is 3. The first-order valence-electron chi connectivity index (χ1n) is 6.34. The molecule has 0 aliphatic carbocycles. The minimum Gasteiger partial charge on any atom is -0.495 e. The molecular weight excluding hydrogens is 334 g/mol. The molecule has 2 rings (SSSR count). The molecule has 0 bridgehead atoms. The van der Waals surface area contributed by atoms with Gasteiger partial charge in [-0.2, -0.15) is 0 Å². The lowest BCUT2D eigenvalue weighted by Gasteiger charge is -2.12. The summed E-state index contributed by atoms with van der Waals surface area (Å²) >= 11 is 3.38. The average molecular weight is 350 g/mol. The molecule has 0 aliphatic rings. The zero-order chi connectivity index (χ0) is 15.4. The largest absolute Gasteiger partial charge is 0.495 e. The third-order valence-corrected chi connectivity index (χ3v) is 3.77. The number of halogens is 1. The number of anilines is 1. The van der Waals surface area contributed by atoms with E-state index in [1.807, 2.05) is 31.2 Å². The highest BCUT2D eigenvalue weighted by molar-refractivity contribution is 9.10. The normalized spacial score (nSPS) is 10.1. The fourth-order valence-corrected chi connectivity index (χ4v) is 2.48. The number of amides is 1. The van der Waals surface area contributed by atoms with Crippen LogP contribution in [-0.2, 0) is 0 Å². The highest BCUT2D eigenvalue weighted by Crippen LogP contribution is 2.35. The van der Waals surface area contributed by atoms with Gasteiger partial charge in [-0.1, -0.05) is 12.1 Å². The number of rotatable bonds is 4. The van der Waals surface area contributed by atoms with Crippen molar-refractivity contribution in [1.29, 1.82) is 0 Å². The molecule has 0 spiro atoms. The van der Waals surface area contributed by atoms with Crippen LogP contribution >= 0.6 is 15.9 Å². The van der Waals surface area contributed by atoms with E-state index in [2.05, 4.69) is 21.2 Å². The minimum absolute atomic E-state index is 0.218. The summed E-state index contributed by atoms with van der Waals surface area (Å²) < 4.78 is 11.2. The monoisotopic (exact) mass is 349 g/mol. The summed E-state index contributed by atoms with van der Waals surface area (Å²) in [6.45, 7) is 1.97. The number of ether oxygens (including phenoxy) is 2. The Morgan fingerprint density at radius 3 is 2.24 bits per heavy atom. The van der Waals surface area contributed by atoms with Crippen LogP contribution in [0.3, 0.4) is 0 Å². The quantitative estimate of drug-likeness (QED) is 0.906. The van der Waals surface area contributed by atoms with Gasteiger partial charge >= 0.3 is 0 Å². The summed E-state index contributed by atoms with van der Waals surface area (Å²) in [6, 6.07) is 11.0. The standard InChI is InChI=1S/C16H16BrNO3/c1-10-5-4-6-12(7-10)18-16(19)11-8-13(20-2)15(17)14(9-11)21-3/h4-9H,1-3H3,(H,18,19). The molecule has 0 aromatic heterocycles. The van der Waals surface area contributed by atoms with Crippen LogP contribution in [0.1, 0.15) is 15.9 Å². The molecule has 1 amide bonds. The van der Waals surface area contributed by atoms with Crippen molar-refractivity contribution in [3.8, 4) is 11.5 Å². The van der Waals surface area contributed by atoms with Gasteiger partial charge in [0.05, 0.1) is 14.2 Å². The van der Waals surface area contributed by atoms with Crippen LogP contribution in [0.5, 0.6) is 11.5 Å². The van der Waals surface area contributed by atoms with Gasteiger partial charge in [-0.05, 0) is 52.7 Å². The average Bonchev–Trinajstić information content (AvgIpc) is 2.47. The Labute approximate surface area is 132 Å². The second-order valence-corrected chi connectivity index (χ2v) is 5.31. The van der Waals surface area contributed by atoms with E-state index in [0.29, 0.717) is 21.5 Å². The zero-order valence-electron chi connectivity index (χ0n) is 12.1. The van der Waals surface area contributed by atoms with Crippen LogP contribution in [-0.4, -0.2) is 20.1 Å². The fraction of sp³-hybridized carbons (Fsp3) is 0.188. The molecule has 0 unspecified atom stereocenters. The van der Waals surface area contributed by atoms with Crippen LogP contribution in [0.25, 0.3) is 0 Å². The van der Waals surface area contributed by atoms with Crippen molar-refractivity contribution in [1.82, 2.24) is 0 Å². The van der Waals surface area contributed by atoms with E-state index in [0.717, 1.165) is 11.3 Å². The van der Waals surface area contributed by atoms with Crippen molar-refractivity contribution < 1.29 is 14.3 Å². The summed E-state index contributed by atoms with van der Waals surface area (Å²) in [5, 5.41) is 2.86. The van der Waals surface area contributed by atoms with Crippen LogP contribution in [0.2, 0.25) is 0 Å². The van der Waals surface area contributed by atoms with Gasteiger partial charge < -0.3 is 14.8 Å². The molecule has 0 saturated heterocycles. The molecule has 0 saturated carbocycles. The van der Waals surface area contributed by atoms with E-state index in [4.69, 9.17) is 9.47 Å². The summed E-state index contributed by atoms with van der Waals surface area (Å²) in [5.41, 5.74) is 2.30. The van der Waals surface area contributed by atoms with Crippen molar-refractivity contribution in [3.05, 3.63) is 52.0 Å². The Morgan fingerprint density at radius 2 is 1.71 bits per heavy atom. The second-order valence-electron chi connectivity index (χ2n) is 4.52. The van der Waals surface area contributed by atoms with Gasteiger partial charge in [-0.25, -0.2) is 0 Å². The third-order valence-electron chi connectivity index (χ3n) is 2.98. The minimum atomic E-state index is -0.218. The predicted octanol–water partition coefficient (Wildman–Crippen LogP) is 4.03. The molecule has 2 aromatic rings. The number of hydrogen-bond donors (Lipinski definition) is 1. The van der Waals surface area contributed by atoms with Crippen molar-refractivity contribution in [2.45, 2.75) is 6.92 Å². The Kier molecular flexibility index (Phi) is 4.85. The molecule has 21 heavy (non-hydrogen) atoms. The van der Waals surface area contributed by atoms with Gasteiger partial charge in [0, 0.05) is 11.3 Å². The molecule has 4 nitrogen and oxygen atoms in total. The van der Waals surface area contributed by atoms with Gasteiger partial charge in [-0.15, -0.1) is 0 Å². The van der Waals surface area contributed by atoms with Gasteiger partial charge in [-0.3, -0.25) is 4.79 Å². The maximum absolute atomic E-state index is 12.3. The molecule has 0 radical (unpaired) electrons. The van der Waals surface area contributed by atoms with Gasteiger partial charge in [0.2, 0.25) is 0 Å². The maximum atomic E-state index is 12.3. The van der Waals surface area contributed by atoms with E-state index in [-0.39, 0.29) is 5.91 Å². The van der Waals surface area contributed by atoms with E-state index in [9.17, 15) is 4.79 Å². The van der Waals surface area contributed by atoms with Crippen LogP contribution in [0, 0.1) is 6.92 Å². The second kappa shape index (κ2) is 6.63. The van der Waals surface area contributed by atoms with Crippen LogP contribution < -0.4 is 14.8 Å². The lowest BCUT2D eigenvalue weighted by molar-refractivity contribution is 0.102. The summed E-state index contributed by atoms with van der Waals surface area (Å²) in [7, 11) is 3.09. The molecular formula is C16H16BrNO3. The first-order chi connectivity index (χ1) is 10.0. The lowest BCUT2D eigenvalue weighted by atomic mass is 10.1. The number of nitrogens with one attached hydrogen (secondary N) is 1. The predicted molar refractivity (Wildman–Crippen MR) is 86.4 cm³/mol. The van der Waals surface area contributed by atoms with Gasteiger partial charge in [0.15, 0.2) is 0 Å². The third kappa shape index (κ3) is 3.55. The van der Waals surface area contributed by atoms with Gasteiger partial charge in [0.25, 0.3) is 5.91 Å². The number of benzene rings is 2. The lowest BCUT2D eigenvalue weighted by Crippen LogP contribution is -2.12. The Balaban J connectivity index is 2.31. The maximum Gasteiger partial charge on any atom is 0.255 e. The molecule has 110 valence electrons.